The summed E-state index contributed by atoms with van der Waals surface area (Å²) in [6, 6.07) is 30.2. The van der Waals surface area contributed by atoms with E-state index in [0.717, 1.165) is 6.26 Å². The lowest BCUT2D eigenvalue weighted by Crippen LogP contribution is -2.30. The number of anilines is 1. The van der Waals surface area contributed by atoms with Gasteiger partial charge >= 0.3 is 0 Å². The zero-order valence-electron chi connectivity index (χ0n) is 21.7. The molecule has 0 unspecified atom stereocenters. The van der Waals surface area contributed by atoms with E-state index in [-0.39, 0.29) is 19.1 Å². The molecule has 0 heterocycles. The van der Waals surface area contributed by atoms with Crippen LogP contribution < -0.4 is 23.8 Å². The smallest absolute Gasteiger partial charge is 0.251 e. The van der Waals surface area contributed by atoms with Crippen molar-refractivity contribution in [3.63, 3.8) is 0 Å². The molecule has 0 saturated carbocycles. The third-order valence-electron chi connectivity index (χ3n) is 5.76. The lowest BCUT2D eigenvalue weighted by atomic mass is 10.1. The van der Waals surface area contributed by atoms with E-state index in [1.54, 1.807) is 79.9 Å². The first kappa shape index (κ1) is 27.5. The molecule has 202 valence electrons. The molecule has 1 N–H and O–H groups in total. The van der Waals surface area contributed by atoms with E-state index < -0.39 is 10.0 Å². The zero-order valence-corrected chi connectivity index (χ0v) is 22.6. The molecule has 0 aliphatic rings. The summed E-state index contributed by atoms with van der Waals surface area (Å²) in [6.07, 6.45) is 1.15. The number of sulfonamides is 1. The maximum atomic E-state index is 12.8. The normalized spacial score (nSPS) is 10.9. The van der Waals surface area contributed by atoms with Gasteiger partial charge in [-0.1, -0.05) is 54.6 Å². The van der Waals surface area contributed by atoms with E-state index in [0.29, 0.717) is 46.4 Å². The van der Waals surface area contributed by atoms with Crippen molar-refractivity contribution in [2.24, 2.45) is 0 Å². The van der Waals surface area contributed by atoms with Gasteiger partial charge in [-0.2, -0.15) is 0 Å². The number of nitrogens with zero attached hydrogens (tertiary/aromatic N) is 1. The number of ether oxygens (including phenoxy) is 3. The molecule has 4 aromatic carbocycles. The predicted octanol–water partition coefficient (Wildman–Crippen LogP) is 5.26. The highest BCUT2D eigenvalue weighted by atomic mass is 32.2. The highest BCUT2D eigenvalue weighted by molar-refractivity contribution is 7.92. The number of amides is 1. The largest absolute Gasteiger partial charge is 0.493 e. The number of para-hydroxylation sites is 5. The molecule has 0 saturated heterocycles. The van der Waals surface area contributed by atoms with Gasteiger partial charge in [-0.25, -0.2) is 8.42 Å². The fourth-order valence-corrected chi connectivity index (χ4v) is 4.73. The van der Waals surface area contributed by atoms with Crippen molar-refractivity contribution in [2.75, 3.05) is 30.8 Å². The molecule has 0 spiro atoms. The summed E-state index contributed by atoms with van der Waals surface area (Å²) in [5.41, 5.74) is 1.58. The number of hydrogen-bond acceptors (Lipinski definition) is 6. The van der Waals surface area contributed by atoms with Crippen LogP contribution in [-0.4, -0.2) is 40.8 Å². The molecule has 8 nitrogen and oxygen atoms in total. The molecule has 0 bridgehead atoms. The van der Waals surface area contributed by atoms with Crippen molar-refractivity contribution < 1.29 is 27.4 Å². The summed E-state index contributed by atoms with van der Waals surface area (Å²) < 4.78 is 43.8. The predicted molar refractivity (Wildman–Crippen MR) is 151 cm³/mol. The first-order valence-corrected chi connectivity index (χ1v) is 14.1. The van der Waals surface area contributed by atoms with E-state index in [9.17, 15) is 13.2 Å². The fraction of sp³-hybridized carbons (Fsp3) is 0.167. The van der Waals surface area contributed by atoms with Gasteiger partial charge in [0.1, 0.15) is 12.4 Å². The molecule has 4 rings (SSSR count). The number of methoxy groups -OCH3 is 1. The standard InChI is InChI=1S/C30H30N2O6S/c1-36-28-14-8-9-15-29(28)37-21-20-31-30(33)24-18-16-23(17-19-24)22-32(39(2,34)35)26-12-6-7-13-27(26)38-25-10-4-3-5-11-25/h3-19H,20-22H2,1-2H3,(H,31,33). The van der Waals surface area contributed by atoms with Crippen LogP contribution in [0.15, 0.2) is 103 Å². The summed E-state index contributed by atoms with van der Waals surface area (Å²) in [6.45, 7) is 0.652. The minimum absolute atomic E-state index is 0.0721. The van der Waals surface area contributed by atoms with E-state index in [2.05, 4.69) is 5.32 Å². The zero-order chi connectivity index (χ0) is 27.7. The molecular weight excluding hydrogens is 516 g/mol. The van der Waals surface area contributed by atoms with Crippen LogP contribution in [0.25, 0.3) is 0 Å². The van der Waals surface area contributed by atoms with Gasteiger partial charge in [0, 0.05) is 5.56 Å². The summed E-state index contributed by atoms with van der Waals surface area (Å²) in [4.78, 5) is 12.6. The number of benzene rings is 4. The van der Waals surface area contributed by atoms with Crippen LogP contribution in [0.2, 0.25) is 0 Å². The first-order valence-electron chi connectivity index (χ1n) is 12.3. The Kier molecular flexibility index (Phi) is 9.06. The maximum Gasteiger partial charge on any atom is 0.251 e. The second kappa shape index (κ2) is 12.8. The Morgan fingerprint density at radius 2 is 1.41 bits per heavy atom. The summed E-state index contributed by atoms with van der Waals surface area (Å²) in [5, 5.41) is 2.82. The van der Waals surface area contributed by atoms with Gasteiger partial charge in [0.2, 0.25) is 10.0 Å². The van der Waals surface area contributed by atoms with Gasteiger partial charge in [0.25, 0.3) is 5.91 Å². The Bertz CT molecular complexity index is 1490. The molecule has 0 radical (unpaired) electrons. The third-order valence-corrected chi connectivity index (χ3v) is 6.89. The lowest BCUT2D eigenvalue weighted by Gasteiger charge is -2.25. The summed E-state index contributed by atoms with van der Waals surface area (Å²) in [5.74, 6) is 1.98. The van der Waals surface area contributed by atoms with Gasteiger partial charge in [-0.15, -0.1) is 0 Å². The van der Waals surface area contributed by atoms with Crippen molar-refractivity contribution >= 4 is 21.6 Å². The van der Waals surface area contributed by atoms with Crippen molar-refractivity contribution in [3.8, 4) is 23.0 Å². The molecule has 4 aromatic rings. The van der Waals surface area contributed by atoms with Gasteiger partial charge < -0.3 is 19.5 Å². The highest BCUT2D eigenvalue weighted by Crippen LogP contribution is 2.34. The van der Waals surface area contributed by atoms with Crippen LogP contribution in [0, 0.1) is 0 Å². The van der Waals surface area contributed by atoms with Gasteiger partial charge in [-0.3, -0.25) is 9.10 Å². The molecule has 1 amide bonds. The molecular formula is C30H30N2O6S. The number of carbonyl (C=O) groups is 1. The molecule has 9 heteroatoms. The Morgan fingerprint density at radius 3 is 2.08 bits per heavy atom. The molecule has 0 aliphatic heterocycles. The molecule has 0 fully saturated rings. The summed E-state index contributed by atoms with van der Waals surface area (Å²) >= 11 is 0. The topological polar surface area (TPSA) is 94.2 Å². The van der Waals surface area contributed by atoms with Crippen LogP contribution in [-0.2, 0) is 16.6 Å². The van der Waals surface area contributed by atoms with Crippen LogP contribution in [0.1, 0.15) is 15.9 Å². The molecule has 39 heavy (non-hydrogen) atoms. The molecule has 0 aliphatic carbocycles. The van der Waals surface area contributed by atoms with Crippen LogP contribution >= 0.6 is 0 Å². The highest BCUT2D eigenvalue weighted by Gasteiger charge is 2.22. The maximum absolute atomic E-state index is 12.8. The van der Waals surface area contributed by atoms with E-state index in [1.807, 2.05) is 30.3 Å². The van der Waals surface area contributed by atoms with Crippen molar-refractivity contribution in [1.29, 1.82) is 0 Å². The van der Waals surface area contributed by atoms with Crippen molar-refractivity contribution in [1.82, 2.24) is 5.32 Å². The Balaban J connectivity index is 1.40. The van der Waals surface area contributed by atoms with E-state index >= 15 is 0 Å². The van der Waals surface area contributed by atoms with Crippen molar-refractivity contribution in [3.05, 3.63) is 114 Å². The quantitative estimate of drug-likeness (QED) is 0.244. The number of nitrogens with one attached hydrogen (secondary N) is 1. The number of hydrogen-bond donors (Lipinski definition) is 1. The average molecular weight is 547 g/mol. The van der Waals surface area contributed by atoms with Gasteiger partial charge in [0.05, 0.1) is 32.1 Å². The third kappa shape index (κ3) is 7.52. The van der Waals surface area contributed by atoms with Crippen LogP contribution in [0.3, 0.4) is 0 Å². The van der Waals surface area contributed by atoms with E-state index in [1.165, 1.54) is 4.31 Å². The molecule has 0 aromatic heterocycles. The first-order chi connectivity index (χ1) is 18.8. The van der Waals surface area contributed by atoms with Crippen LogP contribution in [0.4, 0.5) is 5.69 Å². The average Bonchev–Trinajstić information content (AvgIpc) is 2.95. The fourth-order valence-electron chi connectivity index (χ4n) is 3.84. The molecule has 0 atom stereocenters. The Morgan fingerprint density at radius 1 is 0.795 bits per heavy atom. The number of rotatable bonds is 12. The minimum atomic E-state index is -3.65. The Hall–Kier alpha value is -4.50. The second-order valence-electron chi connectivity index (χ2n) is 8.60. The van der Waals surface area contributed by atoms with E-state index in [4.69, 9.17) is 14.2 Å². The second-order valence-corrected chi connectivity index (χ2v) is 10.5. The van der Waals surface area contributed by atoms with Crippen LogP contribution in [0.5, 0.6) is 23.0 Å². The summed E-state index contributed by atoms with van der Waals surface area (Å²) in [7, 11) is -2.08. The van der Waals surface area contributed by atoms with Gasteiger partial charge in [-0.05, 0) is 54.1 Å². The van der Waals surface area contributed by atoms with Crippen molar-refractivity contribution in [2.45, 2.75) is 6.54 Å². The number of carbonyl (C=O) groups excluding carboxylic acids is 1. The monoisotopic (exact) mass is 546 g/mol. The lowest BCUT2D eigenvalue weighted by molar-refractivity contribution is 0.0946. The van der Waals surface area contributed by atoms with Gasteiger partial charge in [0.15, 0.2) is 17.2 Å². The Labute approximate surface area is 228 Å². The SMILES string of the molecule is COc1ccccc1OCCNC(=O)c1ccc(CN(c2ccccc2Oc2ccccc2)S(C)(=O)=O)cc1. The minimum Gasteiger partial charge on any atom is -0.493 e.